The molecule has 4 unspecified atom stereocenters. The number of carbonyl (C=O) groups excluding carboxylic acids is 2. The summed E-state index contributed by atoms with van der Waals surface area (Å²) in [5.41, 5.74) is 4.61. The van der Waals surface area contributed by atoms with Crippen LogP contribution in [0.1, 0.15) is 44.2 Å². The third-order valence-corrected chi connectivity index (χ3v) is 7.03. The molecular formula is C27H32N2O5. The van der Waals surface area contributed by atoms with Gasteiger partial charge in [0.1, 0.15) is 6.61 Å². The summed E-state index contributed by atoms with van der Waals surface area (Å²) in [5, 5.41) is 14.7. The molecule has 4 rings (SSSR count). The van der Waals surface area contributed by atoms with E-state index in [1.807, 2.05) is 38.1 Å². The summed E-state index contributed by atoms with van der Waals surface area (Å²) in [5.74, 6) is -1.88. The first-order valence-electron chi connectivity index (χ1n) is 11.9. The molecule has 7 heteroatoms. The highest BCUT2D eigenvalue weighted by atomic mass is 16.5. The fraction of sp³-hybridized carbons (Fsp3) is 0.444. The van der Waals surface area contributed by atoms with Crippen molar-refractivity contribution in [2.75, 3.05) is 13.2 Å². The molecule has 180 valence electrons. The molecule has 0 bridgehead atoms. The molecule has 1 fully saturated rings. The molecule has 2 aliphatic rings. The highest BCUT2D eigenvalue weighted by Crippen LogP contribution is 2.44. The molecule has 2 amide bonds. The van der Waals surface area contributed by atoms with Gasteiger partial charge in [0.15, 0.2) is 0 Å². The van der Waals surface area contributed by atoms with Crippen molar-refractivity contribution < 1.29 is 24.2 Å². The van der Waals surface area contributed by atoms with Crippen LogP contribution in [0.25, 0.3) is 11.1 Å². The Hall–Kier alpha value is -3.35. The van der Waals surface area contributed by atoms with Crippen LogP contribution in [0.3, 0.4) is 0 Å². The highest BCUT2D eigenvalue weighted by Gasteiger charge is 2.43. The SMILES string of the molecule is CC(C)C(C(=O)NCC1CC1C(=O)O)C(C)NC(=O)OCC1c2ccccc2-c2ccccc21. The molecule has 1 saturated carbocycles. The van der Waals surface area contributed by atoms with E-state index in [-0.39, 0.29) is 36.2 Å². The molecular weight excluding hydrogens is 432 g/mol. The fourth-order valence-corrected chi connectivity index (χ4v) is 5.15. The summed E-state index contributed by atoms with van der Waals surface area (Å²) in [6, 6.07) is 15.9. The smallest absolute Gasteiger partial charge is 0.407 e. The predicted molar refractivity (Wildman–Crippen MR) is 128 cm³/mol. The van der Waals surface area contributed by atoms with Crippen molar-refractivity contribution in [1.29, 1.82) is 0 Å². The summed E-state index contributed by atoms with van der Waals surface area (Å²) in [6.45, 7) is 6.21. The van der Waals surface area contributed by atoms with Gasteiger partial charge < -0.3 is 20.5 Å². The number of fused-ring (bicyclic) bond motifs is 3. The Labute approximate surface area is 199 Å². The minimum Gasteiger partial charge on any atom is -0.481 e. The average molecular weight is 465 g/mol. The van der Waals surface area contributed by atoms with Gasteiger partial charge in [-0.05, 0) is 47.4 Å². The van der Waals surface area contributed by atoms with Crippen LogP contribution in [0, 0.1) is 23.7 Å². The first kappa shape index (κ1) is 23.8. The zero-order valence-electron chi connectivity index (χ0n) is 19.8. The lowest BCUT2D eigenvalue weighted by Crippen LogP contribution is -2.48. The molecule has 4 atom stereocenters. The number of hydrogen-bond donors (Lipinski definition) is 3. The average Bonchev–Trinajstić information content (AvgIpc) is 3.52. The van der Waals surface area contributed by atoms with Crippen molar-refractivity contribution in [3.05, 3.63) is 59.7 Å². The Morgan fingerprint density at radius 2 is 1.59 bits per heavy atom. The van der Waals surface area contributed by atoms with Gasteiger partial charge in [-0.1, -0.05) is 62.4 Å². The predicted octanol–water partition coefficient (Wildman–Crippen LogP) is 4.02. The van der Waals surface area contributed by atoms with Crippen LogP contribution in [0.2, 0.25) is 0 Å². The molecule has 3 N–H and O–H groups in total. The fourth-order valence-electron chi connectivity index (χ4n) is 5.15. The third-order valence-electron chi connectivity index (χ3n) is 7.03. The van der Waals surface area contributed by atoms with Crippen molar-refractivity contribution in [1.82, 2.24) is 10.6 Å². The van der Waals surface area contributed by atoms with E-state index >= 15 is 0 Å². The van der Waals surface area contributed by atoms with Crippen LogP contribution in [0.5, 0.6) is 0 Å². The third kappa shape index (κ3) is 4.93. The second-order valence-electron chi connectivity index (χ2n) is 9.71. The number of alkyl carbamates (subject to hydrolysis) is 1. The minimum absolute atomic E-state index is 0.0142. The summed E-state index contributed by atoms with van der Waals surface area (Å²) in [4.78, 5) is 36.5. The molecule has 0 saturated heterocycles. The van der Waals surface area contributed by atoms with E-state index < -0.39 is 24.0 Å². The second-order valence-corrected chi connectivity index (χ2v) is 9.71. The number of hydrogen-bond acceptors (Lipinski definition) is 4. The number of ether oxygens (including phenoxy) is 1. The van der Waals surface area contributed by atoms with Gasteiger partial charge in [0.25, 0.3) is 0 Å². The quantitative estimate of drug-likeness (QED) is 0.520. The molecule has 2 aliphatic carbocycles. The summed E-state index contributed by atoms with van der Waals surface area (Å²) < 4.78 is 5.62. The Balaban J connectivity index is 1.33. The zero-order valence-corrected chi connectivity index (χ0v) is 19.8. The van der Waals surface area contributed by atoms with Gasteiger partial charge in [-0.25, -0.2) is 4.79 Å². The molecule has 0 aliphatic heterocycles. The van der Waals surface area contributed by atoms with Gasteiger partial charge >= 0.3 is 12.1 Å². The highest BCUT2D eigenvalue weighted by molar-refractivity contribution is 5.81. The number of carboxylic acids is 1. The number of amides is 2. The summed E-state index contributed by atoms with van der Waals surface area (Å²) in [7, 11) is 0. The Morgan fingerprint density at radius 3 is 2.12 bits per heavy atom. The topological polar surface area (TPSA) is 105 Å². The van der Waals surface area contributed by atoms with E-state index in [0.717, 1.165) is 22.3 Å². The first-order valence-corrected chi connectivity index (χ1v) is 11.9. The van der Waals surface area contributed by atoms with E-state index in [0.29, 0.717) is 13.0 Å². The monoisotopic (exact) mass is 464 g/mol. The van der Waals surface area contributed by atoms with Crippen LogP contribution < -0.4 is 10.6 Å². The van der Waals surface area contributed by atoms with Gasteiger partial charge in [-0.2, -0.15) is 0 Å². The lowest BCUT2D eigenvalue weighted by atomic mass is 9.88. The van der Waals surface area contributed by atoms with Crippen LogP contribution in [-0.4, -0.2) is 42.3 Å². The van der Waals surface area contributed by atoms with E-state index in [2.05, 4.69) is 34.9 Å². The Bertz CT molecular complexity index is 1040. The van der Waals surface area contributed by atoms with Gasteiger partial charge in [0.2, 0.25) is 5.91 Å². The lowest BCUT2D eigenvalue weighted by molar-refractivity contribution is -0.139. The number of nitrogens with one attached hydrogen (secondary N) is 2. The van der Waals surface area contributed by atoms with Crippen molar-refractivity contribution in [2.45, 2.75) is 39.2 Å². The van der Waals surface area contributed by atoms with Crippen LogP contribution in [-0.2, 0) is 14.3 Å². The number of carbonyl (C=O) groups is 3. The van der Waals surface area contributed by atoms with Crippen molar-refractivity contribution >= 4 is 18.0 Å². The standard InChI is InChI=1S/C27H32N2O5/c1-15(2)24(25(30)28-13-17-12-22(17)26(31)32)16(3)29-27(33)34-14-23-20-10-6-4-8-18(20)19-9-5-7-11-21(19)23/h4-11,15-17,22-24H,12-14H2,1-3H3,(H,28,30)(H,29,33)(H,31,32). The van der Waals surface area contributed by atoms with Crippen molar-refractivity contribution in [3.8, 4) is 11.1 Å². The maximum Gasteiger partial charge on any atom is 0.407 e. The van der Waals surface area contributed by atoms with Crippen molar-refractivity contribution in [3.63, 3.8) is 0 Å². The number of aliphatic carboxylic acids is 1. The van der Waals surface area contributed by atoms with Crippen LogP contribution >= 0.6 is 0 Å². The van der Waals surface area contributed by atoms with Gasteiger partial charge in [0, 0.05) is 18.5 Å². The summed E-state index contributed by atoms with van der Waals surface area (Å²) in [6.07, 6.45) is 0.0381. The molecule has 0 spiro atoms. The number of rotatable bonds is 9. The van der Waals surface area contributed by atoms with Gasteiger partial charge in [-0.3, -0.25) is 9.59 Å². The van der Waals surface area contributed by atoms with E-state index in [1.165, 1.54) is 0 Å². The maximum absolute atomic E-state index is 12.8. The van der Waals surface area contributed by atoms with Gasteiger partial charge in [0.05, 0.1) is 11.8 Å². The normalized spacial score (nSPS) is 20.1. The van der Waals surface area contributed by atoms with Gasteiger partial charge in [-0.15, -0.1) is 0 Å². The zero-order chi connectivity index (χ0) is 24.4. The van der Waals surface area contributed by atoms with E-state index in [4.69, 9.17) is 9.84 Å². The molecule has 0 radical (unpaired) electrons. The van der Waals surface area contributed by atoms with Crippen LogP contribution in [0.15, 0.2) is 48.5 Å². The Kier molecular flexibility index (Phi) is 6.91. The lowest BCUT2D eigenvalue weighted by Gasteiger charge is -2.27. The molecule has 2 aromatic carbocycles. The molecule has 34 heavy (non-hydrogen) atoms. The first-order chi connectivity index (χ1) is 16.3. The molecule has 0 aromatic heterocycles. The number of benzene rings is 2. The number of carboxylic acid groups (broad SMARTS) is 1. The minimum atomic E-state index is -0.815. The van der Waals surface area contributed by atoms with Crippen LogP contribution in [0.4, 0.5) is 4.79 Å². The maximum atomic E-state index is 12.8. The Morgan fingerprint density at radius 1 is 1.00 bits per heavy atom. The summed E-state index contributed by atoms with van der Waals surface area (Å²) >= 11 is 0. The molecule has 2 aromatic rings. The molecule has 0 heterocycles. The second kappa shape index (κ2) is 9.87. The molecule has 7 nitrogen and oxygen atoms in total. The van der Waals surface area contributed by atoms with Crippen molar-refractivity contribution in [2.24, 2.45) is 23.7 Å². The van der Waals surface area contributed by atoms with E-state index in [9.17, 15) is 14.4 Å². The largest absolute Gasteiger partial charge is 0.481 e. The van der Waals surface area contributed by atoms with E-state index in [1.54, 1.807) is 6.92 Å².